The molecular formula is C17H19NO2. The van der Waals surface area contributed by atoms with Crippen molar-refractivity contribution >= 4 is 5.69 Å². The Bertz CT molecular complexity index is 566. The highest BCUT2D eigenvalue weighted by Gasteiger charge is 2.36. The smallest absolute Gasteiger partial charge is 0.120 e. The molecule has 104 valence electrons. The van der Waals surface area contributed by atoms with Gasteiger partial charge >= 0.3 is 0 Å². The van der Waals surface area contributed by atoms with Crippen molar-refractivity contribution in [1.82, 2.24) is 0 Å². The number of anilines is 1. The van der Waals surface area contributed by atoms with Gasteiger partial charge in [0.1, 0.15) is 11.9 Å². The topological polar surface area (TPSA) is 25.0 Å². The van der Waals surface area contributed by atoms with Gasteiger partial charge in [0.05, 0.1) is 19.8 Å². The van der Waals surface area contributed by atoms with Crippen LogP contribution >= 0.6 is 0 Å². The van der Waals surface area contributed by atoms with Crippen molar-refractivity contribution in [3.05, 3.63) is 60.2 Å². The molecule has 0 saturated carbocycles. The fourth-order valence-electron chi connectivity index (χ4n) is 2.57. The van der Waals surface area contributed by atoms with Crippen molar-refractivity contribution < 1.29 is 9.47 Å². The van der Waals surface area contributed by atoms with Crippen LogP contribution in [0.15, 0.2) is 54.6 Å². The number of rotatable bonds is 5. The minimum atomic E-state index is 0.239. The number of likely N-dealkylation sites (N-methyl/N-ethyl adjacent to an activating group) is 1. The van der Waals surface area contributed by atoms with E-state index in [1.165, 1.54) is 5.56 Å². The van der Waals surface area contributed by atoms with Gasteiger partial charge in [-0.1, -0.05) is 36.4 Å². The molecule has 0 unspecified atom stereocenters. The molecule has 20 heavy (non-hydrogen) atoms. The summed E-state index contributed by atoms with van der Waals surface area (Å²) in [5, 5.41) is 0. The van der Waals surface area contributed by atoms with Crippen molar-refractivity contribution in [1.29, 1.82) is 0 Å². The Hall–Kier alpha value is -2.00. The first kappa shape index (κ1) is 13.0. The van der Waals surface area contributed by atoms with Gasteiger partial charge in [-0.3, -0.25) is 0 Å². The number of nitrogens with zero attached hydrogens (tertiary/aromatic N) is 1. The zero-order chi connectivity index (χ0) is 13.9. The summed E-state index contributed by atoms with van der Waals surface area (Å²) in [6, 6.07) is 18.9. The first-order chi connectivity index (χ1) is 9.79. The van der Waals surface area contributed by atoms with E-state index in [1.54, 1.807) is 7.11 Å². The van der Waals surface area contributed by atoms with E-state index in [9.17, 15) is 0 Å². The lowest BCUT2D eigenvalue weighted by atomic mass is 10.0. The molecule has 1 fully saturated rings. The average Bonchev–Trinajstić information content (AvgIpc) is 3.33. The van der Waals surface area contributed by atoms with E-state index < -0.39 is 0 Å². The normalized spacial score (nSPS) is 18.4. The molecule has 1 heterocycles. The van der Waals surface area contributed by atoms with E-state index in [4.69, 9.17) is 9.47 Å². The highest BCUT2D eigenvalue weighted by Crippen LogP contribution is 2.36. The van der Waals surface area contributed by atoms with Crippen LogP contribution in [-0.4, -0.2) is 26.9 Å². The minimum absolute atomic E-state index is 0.239. The van der Waals surface area contributed by atoms with Crippen LogP contribution in [0.3, 0.4) is 0 Å². The van der Waals surface area contributed by atoms with Crippen LogP contribution in [0.5, 0.6) is 5.75 Å². The van der Waals surface area contributed by atoms with Crippen LogP contribution in [0.1, 0.15) is 11.6 Å². The summed E-state index contributed by atoms with van der Waals surface area (Å²) in [5.74, 6) is 0.873. The third kappa shape index (κ3) is 2.63. The Balaban J connectivity index is 1.91. The summed E-state index contributed by atoms with van der Waals surface area (Å²) in [5.41, 5.74) is 2.41. The molecule has 2 aromatic carbocycles. The van der Waals surface area contributed by atoms with Crippen LogP contribution < -0.4 is 9.64 Å². The van der Waals surface area contributed by atoms with E-state index >= 15 is 0 Å². The highest BCUT2D eigenvalue weighted by molar-refractivity contribution is 5.52. The monoisotopic (exact) mass is 269 g/mol. The van der Waals surface area contributed by atoms with Gasteiger partial charge in [0.2, 0.25) is 0 Å². The van der Waals surface area contributed by atoms with Crippen LogP contribution in [0.25, 0.3) is 0 Å². The van der Waals surface area contributed by atoms with Crippen LogP contribution in [0.2, 0.25) is 0 Å². The summed E-state index contributed by atoms with van der Waals surface area (Å²) < 4.78 is 10.9. The molecule has 1 aliphatic heterocycles. The van der Waals surface area contributed by atoms with Crippen molar-refractivity contribution in [2.75, 3.05) is 25.7 Å². The third-order valence-corrected chi connectivity index (χ3v) is 3.73. The number of ether oxygens (including phenoxy) is 2. The molecule has 0 aromatic heterocycles. The van der Waals surface area contributed by atoms with Crippen molar-refractivity contribution in [3.63, 3.8) is 0 Å². The van der Waals surface area contributed by atoms with Gasteiger partial charge < -0.3 is 14.4 Å². The quantitative estimate of drug-likeness (QED) is 0.779. The van der Waals surface area contributed by atoms with Crippen LogP contribution in [0.4, 0.5) is 5.69 Å². The number of hydrogen-bond acceptors (Lipinski definition) is 3. The second-order valence-electron chi connectivity index (χ2n) is 5.04. The van der Waals surface area contributed by atoms with E-state index in [-0.39, 0.29) is 12.1 Å². The van der Waals surface area contributed by atoms with Gasteiger partial charge in [-0.05, 0) is 17.7 Å². The standard InChI is InChI=1S/C17H19NO2/c1-18(14-9-6-10-15(11-14)19-2)17(16-12-20-16)13-7-4-3-5-8-13/h3-11,16-17H,12H2,1-2H3/t16-,17+/m0/s1. The molecule has 1 aliphatic rings. The van der Waals surface area contributed by atoms with Crippen molar-refractivity contribution in [3.8, 4) is 5.75 Å². The highest BCUT2D eigenvalue weighted by atomic mass is 16.6. The summed E-state index contributed by atoms with van der Waals surface area (Å²) in [7, 11) is 3.80. The molecule has 0 amide bonds. The fraction of sp³-hybridized carbons (Fsp3) is 0.294. The predicted octanol–water partition coefficient (Wildman–Crippen LogP) is 3.27. The van der Waals surface area contributed by atoms with E-state index in [0.717, 1.165) is 18.0 Å². The summed E-state index contributed by atoms with van der Waals surface area (Å²) in [6.07, 6.45) is 0.272. The van der Waals surface area contributed by atoms with E-state index in [0.29, 0.717) is 0 Å². The zero-order valence-corrected chi connectivity index (χ0v) is 11.8. The molecule has 0 aliphatic carbocycles. The van der Waals surface area contributed by atoms with Crippen molar-refractivity contribution in [2.45, 2.75) is 12.1 Å². The second-order valence-corrected chi connectivity index (χ2v) is 5.04. The van der Waals surface area contributed by atoms with Gasteiger partial charge in [-0.25, -0.2) is 0 Å². The molecule has 0 radical (unpaired) electrons. The maximum absolute atomic E-state index is 5.55. The first-order valence-corrected chi connectivity index (χ1v) is 6.83. The second kappa shape index (κ2) is 5.55. The Morgan fingerprint density at radius 1 is 1.15 bits per heavy atom. The molecule has 3 heteroatoms. The number of hydrogen-bond donors (Lipinski definition) is 0. The Kier molecular flexibility index (Phi) is 3.61. The van der Waals surface area contributed by atoms with Crippen molar-refractivity contribution in [2.24, 2.45) is 0 Å². The lowest BCUT2D eigenvalue weighted by Crippen LogP contribution is -2.28. The van der Waals surface area contributed by atoms with Gasteiger partial charge in [0.25, 0.3) is 0 Å². The van der Waals surface area contributed by atoms with E-state index in [1.807, 2.05) is 18.2 Å². The number of benzene rings is 2. The Morgan fingerprint density at radius 2 is 1.90 bits per heavy atom. The molecular weight excluding hydrogens is 250 g/mol. The molecule has 3 nitrogen and oxygen atoms in total. The molecule has 0 bridgehead atoms. The number of epoxide rings is 1. The van der Waals surface area contributed by atoms with Crippen LogP contribution in [-0.2, 0) is 4.74 Å². The van der Waals surface area contributed by atoms with Gasteiger partial charge in [-0.15, -0.1) is 0 Å². The third-order valence-electron chi connectivity index (χ3n) is 3.73. The predicted molar refractivity (Wildman–Crippen MR) is 80.3 cm³/mol. The zero-order valence-electron chi connectivity index (χ0n) is 11.8. The van der Waals surface area contributed by atoms with Gasteiger partial charge in [0, 0.05) is 18.8 Å². The number of methoxy groups -OCH3 is 1. The maximum Gasteiger partial charge on any atom is 0.120 e. The Labute approximate surface area is 119 Å². The molecule has 3 rings (SSSR count). The molecule has 2 atom stereocenters. The summed E-state index contributed by atoms with van der Waals surface area (Å²) in [4.78, 5) is 2.26. The molecule has 0 spiro atoms. The maximum atomic E-state index is 5.55. The first-order valence-electron chi connectivity index (χ1n) is 6.83. The van der Waals surface area contributed by atoms with Gasteiger partial charge in [0.15, 0.2) is 0 Å². The summed E-state index contributed by atoms with van der Waals surface area (Å²) >= 11 is 0. The lowest BCUT2D eigenvalue weighted by Gasteiger charge is -2.29. The fourth-order valence-corrected chi connectivity index (χ4v) is 2.57. The SMILES string of the molecule is COc1cccc(N(C)[C@H](c2ccccc2)[C@@H]2CO2)c1. The Morgan fingerprint density at radius 3 is 2.55 bits per heavy atom. The van der Waals surface area contributed by atoms with E-state index in [2.05, 4.69) is 48.3 Å². The molecule has 2 aromatic rings. The largest absolute Gasteiger partial charge is 0.497 e. The molecule has 0 N–H and O–H groups in total. The lowest BCUT2D eigenvalue weighted by molar-refractivity contribution is 0.370. The summed E-state index contributed by atoms with van der Waals surface area (Å²) in [6.45, 7) is 0.827. The molecule has 1 saturated heterocycles. The van der Waals surface area contributed by atoms with Gasteiger partial charge in [-0.2, -0.15) is 0 Å². The average molecular weight is 269 g/mol. The van der Waals surface area contributed by atoms with Crippen LogP contribution in [0, 0.1) is 0 Å². The minimum Gasteiger partial charge on any atom is -0.497 e.